The van der Waals surface area contributed by atoms with Crippen molar-refractivity contribution in [2.45, 2.75) is 61.1 Å². The molecule has 2 aromatic carbocycles. The van der Waals surface area contributed by atoms with E-state index in [4.69, 9.17) is 4.74 Å². The number of nitrogens with zero attached hydrogens (tertiary/aromatic N) is 2. The van der Waals surface area contributed by atoms with Gasteiger partial charge in [0.2, 0.25) is 5.91 Å². The van der Waals surface area contributed by atoms with Gasteiger partial charge < -0.3 is 14.7 Å². The second kappa shape index (κ2) is 8.71. The number of carbonyl (C=O) groups excluding carboxylic acids is 1. The minimum absolute atomic E-state index is 0.0658. The molecule has 2 fully saturated rings. The zero-order valence-electron chi connectivity index (χ0n) is 21.2. The summed E-state index contributed by atoms with van der Waals surface area (Å²) in [6.07, 6.45) is 2.28. The van der Waals surface area contributed by atoms with Gasteiger partial charge in [0.25, 0.3) is 0 Å². The Balaban J connectivity index is 1.31. The van der Waals surface area contributed by atoms with Crippen LogP contribution in [0.3, 0.4) is 0 Å². The van der Waals surface area contributed by atoms with Crippen molar-refractivity contribution in [3.8, 4) is 5.75 Å². The second-order valence-corrected chi connectivity index (χ2v) is 11.0. The number of likely N-dealkylation sites (N-methyl/N-ethyl adjacent to an activating group) is 1. The molecular weight excluding hydrogens is 493 g/mol. The number of piperidine rings is 1. The number of halogens is 3. The Labute approximate surface area is 220 Å². The van der Waals surface area contributed by atoms with Crippen molar-refractivity contribution in [3.05, 3.63) is 83.4 Å². The van der Waals surface area contributed by atoms with Gasteiger partial charge in [-0.15, -0.1) is 6.58 Å². The van der Waals surface area contributed by atoms with E-state index in [-0.39, 0.29) is 18.0 Å². The number of benzene rings is 2. The molecule has 1 saturated heterocycles. The summed E-state index contributed by atoms with van der Waals surface area (Å²) in [5, 5.41) is 12.4. The third-order valence-corrected chi connectivity index (χ3v) is 9.28. The molecule has 0 radical (unpaired) electrons. The van der Waals surface area contributed by atoms with Gasteiger partial charge in [0, 0.05) is 31.3 Å². The number of ether oxygens (including phenoxy) is 1. The van der Waals surface area contributed by atoms with Gasteiger partial charge in [0.15, 0.2) is 0 Å². The van der Waals surface area contributed by atoms with E-state index in [1.807, 2.05) is 18.2 Å². The molecular formula is C30H31F3N2O3. The first kappa shape index (κ1) is 25.2. The van der Waals surface area contributed by atoms with Gasteiger partial charge in [-0.2, -0.15) is 13.2 Å². The lowest BCUT2D eigenvalue weighted by Gasteiger charge is -2.64. The van der Waals surface area contributed by atoms with Crippen LogP contribution in [-0.2, 0) is 22.8 Å². The maximum Gasteiger partial charge on any atom is 0.416 e. The van der Waals surface area contributed by atoms with Crippen molar-refractivity contribution in [2.75, 3.05) is 20.1 Å². The van der Waals surface area contributed by atoms with Gasteiger partial charge in [-0.05, 0) is 67.6 Å². The van der Waals surface area contributed by atoms with Gasteiger partial charge in [-0.25, -0.2) is 0 Å². The molecule has 2 heterocycles. The summed E-state index contributed by atoms with van der Waals surface area (Å²) in [4.78, 5) is 17.2. The molecule has 2 bridgehead atoms. The Kier molecular flexibility index (Phi) is 5.78. The van der Waals surface area contributed by atoms with Crippen molar-refractivity contribution in [3.63, 3.8) is 0 Å². The topological polar surface area (TPSA) is 53.0 Å². The maximum absolute atomic E-state index is 13.3. The van der Waals surface area contributed by atoms with Crippen LogP contribution in [0, 0.1) is 0 Å². The van der Waals surface area contributed by atoms with Crippen molar-refractivity contribution in [2.24, 2.45) is 0 Å². The van der Waals surface area contributed by atoms with Crippen LogP contribution in [0.1, 0.15) is 41.5 Å². The quantitative estimate of drug-likeness (QED) is 0.460. The molecule has 5 atom stereocenters. The van der Waals surface area contributed by atoms with Crippen LogP contribution in [0.4, 0.5) is 13.2 Å². The lowest BCUT2D eigenvalue weighted by Crippen LogP contribution is -2.78. The predicted octanol–water partition coefficient (Wildman–Crippen LogP) is 4.59. The number of carbonyl (C=O) groups is 1. The monoisotopic (exact) mass is 524 g/mol. The Morgan fingerprint density at radius 3 is 2.82 bits per heavy atom. The number of hydrogen-bond acceptors (Lipinski definition) is 4. The molecule has 8 heteroatoms. The van der Waals surface area contributed by atoms with E-state index in [1.165, 1.54) is 29.8 Å². The van der Waals surface area contributed by atoms with Crippen LogP contribution in [0.25, 0.3) is 6.08 Å². The van der Waals surface area contributed by atoms with Crippen LogP contribution in [0.2, 0.25) is 0 Å². The normalized spacial score (nSPS) is 31.6. The highest BCUT2D eigenvalue weighted by molar-refractivity contribution is 5.92. The third-order valence-electron chi connectivity index (χ3n) is 9.28. The Morgan fingerprint density at radius 1 is 1.26 bits per heavy atom. The van der Waals surface area contributed by atoms with E-state index in [0.29, 0.717) is 31.4 Å². The SMILES string of the molecule is C=CCN1CC[C@]23c4c5cccc4O[C@H]2[C@H](N(C)C(=O)C=Cc2cccc(C(F)(F)F)c2)CC[C@@]3(O)[C@H]1C5. The predicted molar refractivity (Wildman–Crippen MR) is 138 cm³/mol. The van der Waals surface area contributed by atoms with Gasteiger partial charge in [-0.1, -0.05) is 30.3 Å². The zero-order chi connectivity index (χ0) is 26.9. The fourth-order valence-corrected chi connectivity index (χ4v) is 7.62. The van der Waals surface area contributed by atoms with E-state index in [9.17, 15) is 23.1 Å². The smallest absolute Gasteiger partial charge is 0.416 e. The van der Waals surface area contributed by atoms with Crippen LogP contribution >= 0.6 is 0 Å². The molecule has 5 nitrogen and oxygen atoms in total. The van der Waals surface area contributed by atoms with Gasteiger partial charge in [-0.3, -0.25) is 9.69 Å². The molecule has 1 spiro atoms. The first-order chi connectivity index (χ1) is 18.1. The maximum atomic E-state index is 13.3. The Hall–Kier alpha value is -3.10. The average molecular weight is 525 g/mol. The van der Waals surface area contributed by atoms with Crippen LogP contribution in [0.5, 0.6) is 5.75 Å². The third kappa shape index (κ3) is 3.49. The lowest BCUT2D eigenvalue weighted by molar-refractivity contribution is -0.198. The van der Waals surface area contributed by atoms with Crippen LogP contribution < -0.4 is 4.74 Å². The summed E-state index contributed by atoms with van der Waals surface area (Å²) in [6, 6.07) is 10.6. The van der Waals surface area contributed by atoms with E-state index < -0.39 is 28.9 Å². The highest BCUT2D eigenvalue weighted by Gasteiger charge is 2.72. The summed E-state index contributed by atoms with van der Waals surface area (Å²) in [5.74, 6) is 0.472. The summed E-state index contributed by atoms with van der Waals surface area (Å²) < 4.78 is 45.9. The number of rotatable bonds is 5. The summed E-state index contributed by atoms with van der Waals surface area (Å²) in [6.45, 7) is 5.41. The molecule has 6 rings (SSSR count). The first-order valence-electron chi connectivity index (χ1n) is 13.1. The second-order valence-electron chi connectivity index (χ2n) is 11.0. The first-order valence-corrected chi connectivity index (χ1v) is 13.1. The minimum Gasteiger partial charge on any atom is -0.487 e. The number of likely N-dealkylation sites (tertiary alicyclic amines) is 1. The molecule has 2 aliphatic carbocycles. The number of amides is 1. The van der Waals surface area contributed by atoms with Crippen molar-refractivity contribution < 1.29 is 27.8 Å². The summed E-state index contributed by atoms with van der Waals surface area (Å²) in [5.41, 5.74) is 0.208. The fraction of sp³-hybridized carbons (Fsp3) is 0.433. The van der Waals surface area contributed by atoms with Gasteiger partial charge >= 0.3 is 6.18 Å². The largest absolute Gasteiger partial charge is 0.487 e. The van der Waals surface area contributed by atoms with Crippen molar-refractivity contribution in [1.29, 1.82) is 0 Å². The molecule has 38 heavy (non-hydrogen) atoms. The molecule has 2 aromatic rings. The van der Waals surface area contributed by atoms with Gasteiger partial charge in [0.1, 0.15) is 11.9 Å². The zero-order valence-corrected chi connectivity index (χ0v) is 21.2. The molecule has 0 aromatic heterocycles. The fourth-order valence-electron chi connectivity index (χ4n) is 7.62. The summed E-state index contributed by atoms with van der Waals surface area (Å²) >= 11 is 0. The van der Waals surface area contributed by atoms with Crippen LogP contribution in [0.15, 0.2) is 61.2 Å². The lowest BCUT2D eigenvalue weighted by atomic mass is 9.48. The average Bonchev–Trinajstić information content (AvgIpc) is 3.23. The molecule has 1 N–H and O–H groups in total. The number of alkyl halides is 3. The van der Waals surface area contributed by atoms with Crippen molar-refractivity contribution in [1.82, 2.24) is 9.80 Å². The van der Waals surface area contributed by atoms with Crippen molar-refractivity contribution >= 4 is 12.0 Å². The van der Waals surface area contributed by atoms with E-state index >= 15 is 0 Å². The summed E-state index contributed by atoms with van der Waals surface area (Å²) in [7, 11) is 1.71. The molecule has 200 valence electrons. The number of aliphatic hydroxyl groups is 1. The molecule has 2 aliphatic heterocycles. The highest BCUT2D eigenvalue weighted by atomic mass is 19.4. The van der Waals surface area contributed by atoms with Gasteiger partial charge in [0.05, 0.1) is 22.6 Å². The van der Waals surface area contributed by atoms with Crippen LogP contribution in [-0.4, -0.2) is 64.7 Å². The van der Waals surface area contributed by atoms with E-state index in [2.05, 4.69) is 17.5 Å². The highest BCUT2D eigenvalue weighted by Crippen LogP contribution is 2.64. The number of hydrogen-bond donors (Lipinski definition) is 1. The molecule has 1 amide bonds. The van der Waals surface area contributed by atoms with E-state index in [0.717, 1.165) is 36.4 Å². The Morgan fingerprint density at radius 2 is 2.05 bits per heavy atom. The molecule has 0 unspecified atom stereocenters. The van der Waals surface area contributed by atoms with E-state index in [1.54, 1.807) is 11.9 Å². The Bertz CT molecular complexity index is 1320. The standard InChI is InChI=1S/C30H31F3N2O3/c1-3-15-35-16-14-28-26-20-7-5-9-23(26)38-27(28)22(12-13-29(28,37)24(35)18-20)34(2)25(36)11-10-19-6-4-8-21(17-19)30(31,32)33/h3-11,17,22,24,27,37H,1,12-16,18H2,2H3/t22-,24-,27+,28+,29-/m1/s1. The minimum atomic E-state index is -4.45. The molecule has 1 saturated carbocycles. The molecule has 4 aliphatic rings.